The van der Waals surface area contributed by atoms with Gasteiger partial charge in [-0.1, -0.05) is 12.8 Å². The molecule has 1 aliphatic heterocycles. The van der Waals surface area contributed by atoms with Crippen molar-refractivity contribution in [2.75, 3.05) is 0 Å². The van der Waals surface area contributed by atoms with Gasteiger partial charge in [0, 0.05) is 6.42 Å². The van der Waals surface area contributed by atoms with E-state index in [1.165, 1.54) is 0 Å². The lowest BCUT2D eigenvalue weighted by molar-refractivity contribution is -0.129. The molecule has 1 saturated carbocycles. The van der Waals surface area contributed by atoms with E-state index in [0.717, 1.165) is 12.8 Å². The highest BCUT2D eigenvalue weighted by Crippen LogP contribution is 2.33. The van der Waals surface area contributed by atoms with Crippen molar-refractivity contribution in [3.8, 4) is 0 Å². The average Bonchev–Trinajstić information content (AvgIpc) is 2.97. The average molecular weight is 239 g/mol. The van der Waals surface area contributed by atoms with Crippen LogP contribution < -0.4 is 16.4 Å². The molecule has 17 heavy (non-hydrogen) atoms. The molecule has 1 heterocycles. The van der Waals surface area contributed by atoms with Gasteiger partial charge in [-0.2, -0.15) is 0 Å². The van der Waals surface area contributed by atoms with Crippen molar-refractivity contribution in [3.63, 3.8) is 0 Å². The lowest BCUT2D eigenvalue weighted by Crippen LogP contribution is -2.50. The van der Waals surface area contributed by atoms with Crippen molar-refractivity contribution in [1.29, 1.82) is 0 Å². The quantitative estimate of drug-likeness (QED) is 0.575. The molecule has 6 nitrogen and oxygen atoms in total. The Labute approximate surface area is 99.3 Å². The number of nitrogens with one attached hydrogen (secondary N) is 2. The summed E-state index contributed by atoms with van der Waals surface area (Å²) in [5.41, 5.74) is 5.25. The second-order valence-electron chi connectivity index (χ2n) is 4.80. The van der Waals surface area contributed by atoms with Crippen molar-refractivity contribution in [2.24, 2.45) is 11.7 Å². The Morgan fingerprint density at radius 3 is 2.59 bits per heavy atom. The lowest BCUT2D eigenvalue weighted by Gasteiger charge is -2.17. The number of nitrogens with two attached hydrogens (primary N) is 1. The van der Waals surface area contributed by atoms with Crippen molar-refractivity contribution < 1.29 is 14.4 Å². The first-order chi connectivity index (χ1) is 8.06. The summed E-state index contributed by atoms with van der Waals surface area (Å²) in [4.78, 5) is 34.0. The molecular formula is C11H17N3O3. The summed E-state index contributed by atoms with van der Waals surface area (Å²) < 4.78 is 0. The standard InChI is InChI=1S/C11H17N3O3/c12-10(16)8(5-6-1-2-6)14-11(17)7-3-4-9(15)13-7/h6-8H,1-5H2,(H2,12,16)(H,13,15)(H,14,17)/t7-,8+/m0/s1. The Morgan fingerprint density at radius 2 is 2.12 bits per heavy atom. The second-order valence-corrected chi connectivity index (χ2v) is 4.80. The highest BCUT2D eigenvalue weighted by Gasteiger charge is 2.32. The van der Waals surface area contributed by atoms with E-state index in [-0.39, 0.29) is 11.8 Å². The van der Waals surface area contributed by atoms with Crippen LogP contribution in [0.1, 0.15) is 32.1 Å². The zero-order chi connectivity index (χ0) is 12.4. The van der Waals surface area contributed by atoms with Crippen LogP contribution in [0.25, 0.3) is 0 Å². The Hall–Kier alpha value is -1.59. The van der Waals surface area contributed by atoms with E-state index in [9.17, 15) is 14.4 Å². The molecule has 2 aliphatic rings. The number of primary amides is 1. The molecule has 0 unspecified atom stereocenters. The predicted octanol–water partition coefficient (Wildman–Crippen LogP) is -0.965. The minimum Gasteiger partial charge on any atom is -0.368 e. The summed E-state index contributed by atoms with van der Waals surface area (Å²) in [5, 5.41) is 5.19. The summed E-state index contributed by atoms with van der Waals surface area (Å²) >= 11 is 0. The fraction of sp³-hybridized carbons (Fsp3) is 0.727. The molecule has 2 rings (SSSR count). The molecule has 2 atom stereocenters. The minimum absolute atomic E-state index is 0.122. The monoisotopic (exact) mass is 239 g/mol. The molecule has 1 aliphatic carbocycles. The van der Waals surface area contributed by atoms with E-state index in [0.29, 0.717) is 25.2 Å². The van der Waals surface area contributed by atoms with Gasteiger partial charge in [-0.3, -0.25) is 14.4 Å². The Morgan fingerprint density at radius 1 is 1.41 bits per heavy atom. The van der Waals surface area contributed by atoms with E-state index in [1.54, 1.807) is 0 Å². The maximum Gasteiger partial charge on any atom is 0.243 e. The smallest absolute Gasteiger partial charge is 0.243 e. The van der Waals surface area contributed by atoms with Crippen LogP contribution in [0.15, 0.2) is 0 Å². The first-order valence-electron chi connectivity index (χ1n) is 5.95. The SMILES string of the molecule is NC(=O)[C@@H](CC1CC1)NC(=O)[C@@H]1CCC(=O)N1. The van der Waals surface area contributed by atoms with E-state index < -0.39 is 18.0 Å². The lowest BCUT2D eigenvalue weighted by atomic mass is 10.1. The molecule has 94 valence electrons. The third kappa shape index (κ3) is 3.18. The molecule has 0 aromatic rings. The third-order valence-corrected chi connectivity index (χ3v) is 3.24. The molecule has 6 heteroatoms. The highest BCUT2D eigenvalue weighted by molar-refractivity contribution is 5.93. The topological polar surface area (TPSA) is 101 Å². The van der Waals surface area contributed by atoms with Gasteiger partial charge >= 0.3 is 0 Å². The molecular weight excluding hydrogens is 222 g/mol. The normalized spacial score (nSPS) is 25.2. The van der Waals surface area contributed by atoms with Gasteiger partial charge in [0.1, 0.15) is 12.1 Å². The van der Waals surface area contributed by atoms with Gasteiger partial charge < -0.3 is 16.4 Å². The number of hydrogen-bond donors (Lipinski definition) is 3. The van der Waals surface area contributed by atoms with Crippen molar-refractivity contribution >= 4 is 17.7 Å². The molecule has 0 radical (unpaired) electrons. The zero-order valence-corrected chi connectivity index (χ0v) is 9.57. The van der Waals surface area contributed by atoms with E-state index in [1.807, 2.05) is 0 Å². The summed E-state index contributed by atoms with van der Waals surface area (Å²) in [5.74, 6) is -0.427. The van der Waals surface area contributed by atoms with Crippen LogP contribution in [0.3, 0.4) is 0 Å². The van der Waals surface area contributed by atoms with Crippen LogP contribution in [-0.4, -0.2) is 29.8 Å². The van der Waals surface area contributed by atoms with Crippen LogP contribution >= 0.6 is 0 Å². The molecule has 0 aromatic heterocycles. The minimum atomic E-state index is -0.604. The van der Waals surface area contributed by atoms with Crippen LogP contribution in [0, 0.1) is 5.92 Å². The van der Waals surface area contributed by atoms with Crippen LogP contribution in [0.4, 0.5) is 0 Å². The Bertz CT molecular complexity index is 352. The van der Waals surface area contributed by atoms with Crippen molar-refractivity contribution in [2.45, 2.75) is 44.2 Å². The van der Waals surface area contributed by atoms with E-state index in [4.69, 9.17) is 5.73 Å². The Kier molecular flexibility index (Phi) is 3.31. The fourth-order valence-corrected chi connectivity index (χ4v) is 2.02. The van der Waals surface area contributed by atoms with Gasteiger partial charge in [0.25, 0.3) is 0 Å². The number of hydrogen-bond acceptors (Lipinski definition) is 3. The number of amides is 3. The molecule has 3 amide bonds. The number of carbonyl (C=O) groups is 3. The van der Waals surface area contributed by atoms with E-state index >= 15 is 0 Å². The largest absolute Gasteiger partial charge is 0.368 e. The molecule has 1 saturated heterocycles. The second kappa shape index (κ2) is 4.73. The van der Waals surface area contributed by atoms with Gasteiger partial charge in [-0.15, -0.1) is 0 Å². The summed E-state index contributed by atoms with van der Waals surface area (Å²) in [7, 11) is 0. The van der Waals surface area contributed by atoms with Crippen LogP contribution in [0.2, 0.25) is 0 Å². The van der Waals surface area contributed by atoms with Gasteiger partial charge in [0.2, 0.25) is 17.7 Å². The zero-order valence-electron chi connectivity index (χ0n) is 9.57. The summed E-state index contributed by atoms with van der Waals surface area (Å²) in [6.07, 6.45) is 3.66. The van der Waals surface area contributed by atoms with Gasteiger partial charge in [0.05, 0.1) is 0 Å². The van der Waals surface area contributed by atoms with Gasteiger partial charge in [-0.25, -0.2) is 0 Å². The van der Waals surface area contributed by atoms with Crippen LogP contribution in [0.5, 0.6) is 0 Å². The predicted molar refractivity (Wildman–Crippen MR) is 59.6 cm³/mol. The summed E-state index contributed by atoms with van der Waals surface area (Å²) in [6.45, 7) is 0. The molecule has 0 aromatic carbocycles. The molecule has 0 bridgehead atoms. The van der Waals surface area contributed by atoms with Crippen LogP contribution in [-0.2, 0) is 14.4 Å². The first kappa shape index (κ1) is 11.9. The number of rotatable bonds is 5. The summed E-state index contributed by atoms with van der Waals surface area (Å²) in [6, 6.07) is -1.11. The molecule has 4 N–H and O–H groups in total. The molecule has 2 fully saturated rings. The van der Waals surface area contributed by atoms with Crippen molar-refractivity contribution in [3.05, 3.63) is 0 Å². The number of carbonyl (C=O) groups excluding carboxylic acids is 3. The fourth-order valence-electron chi connectivity index (χ4n) is 2.02. The van der Waals surface area contributed by atoms with Crippen molar-refractivity contribution in [1.82, 2.24) is 10.6 Å². The van der Waals surface area contributed by atoms with E-state index in [2.05, 4.69) is 10.6 Å². The van der Waals surface area contributed by atoms with Gasteiger partial charge in [0.15, 0.2) is 0 Å². The van der Waals surface area contributed by atoms with Gasteiger partial charge in [-0.05, 0) is 18.8 Å². The third-order valence-electron chi connectivity index (χ3n) is 3.24. The Balaban J connectivity index is 1.85. The first-order valence-corrected chi connectivity index (χ1v) is 5.95. The molecule has 0 spiro atoms. The maximum absolute atomic E-state index is 11.8. The highest BCUT2D eigenvalue weighted by atomic mass is 16.2. The maximum atomic E-state index is 11.8.